The van der Waals surface area contributed by atoms with Crippen LogP contribution in [-0.4, -0.2) is 47.1 Å². The molecule has 4 nitrogen and oxygen atoms in total. The second-order valence-electron chi connectivity index (χ2n) is 5.33. The normalized spacial score (nSPS) is 23.9. The number of allylic oxidation sites excluding steroid dienone is 1. The zero-order valence-electron chi connectivity index (χ0n) is 12.3. The Morgan fingerprint density at radius 3 is 2.60 bits per heavy atom. The van der Waals surface area contributed by atoms with Crippen LogP contribution in [0.25, 0.3) is 0 Å². The van der Waals surface area contributed by atoms with Crippen molar-refractivity contribution < 1.29 is 9.90 Å². The molecule has 1 aliphatic heterocycles. The van der Waals surface area contributed by atoms with E-state index in [0.29, 0.717) is 6.54 Å². The van der Waals surface area contributed by atoms with Gasteiger partial charge in [0, 0.05) is 31.9 Å². The number of hydrogen-bond acceptors (Lipinski definition) is 3. The van der Waals surface area contributed by atoms with E-state index >= 15 is 0 Å². The number of carboxylic acids is 1. The Hall–Kier alpha value is -1.81. The van der Waals surface area contributed by atoms with Crippen molar-refractivity contribution in [1.29, 1.82) is 0 Å². The van der Waals surface area contributed by atoms with Gasteiger partial charge in [0.1, 0.15) is 6.04 Å². The smallest absolute Gasteiger partial charge is 0.325 e. The molecule has 0 aliphatic carbocycles. The van der Waals surface area contributed by atoms with Gasteiger partial charge >= 0.3 is 5.97 Å². The second kappa shape index (κ2) is 6.09. The van der Waals surface area contributed by atoms with Gasteiger partial charge in [0.05, 0.1) is 0 Å². The topological polar surface area (TPSA) is 43.8 Å². The van der Waals surface area contributed by atoms with Gasteiger partial charge in [0.2, 0.25) is 0 Å². The Balaban J connectivity index is 2.32. The van der Waals surface area contributed by atoms with Crippen LogP contribution in [0.5, 0.6) is 0 Å². The van der Waals surface area contributed by atoms with Crippen molar-refractivity contribution in [2.24, 2.45) is 0 Å². The molecule has 0 amide bonds. The van der Waals surface area contributed by atoms with E-state index < -0.39 is 12.0 Å². The summed E-state index contributed by atoms with van der Waals surface area (Å²) in [4.78, 5) is 16.0. The van der Waals surface area contributed by atoms with Crippen molar-refractivity contribution in [3.63, 3.8) is 0 Å². The molecule has 1 heterocycles. The van der Waals surface area contributed by atoms with Crippen LogP contribution in [0.3, 0.4) is 0 Å². The molecule has 0 bridgehead atoms. The van der Waals surface area contributed by atoms with Crippen LogP contribution in [0.2, 0.25) is 0 Å². The summed E-state index contributed by atoms with van der Waals surface area (Å²) < 4.78 is 0. The third kappa shape index (κ3) is 2.85. The Morgan fingerprint density at radius 2 is 2.05 bits per heavy atom. The number of carbonyl (C=O) groups is 1. The van der Waals surface area contributed by atoms with Gasteiger partial charge in [-0.25, -0.2) is 0 Å². The van der Waals surface area contributed by atoms with E-state index in [1.807, 2.05) is 37.3 Å². The summed E-state index contributed by atoms with van der Waals surface area (Å²) >= 11 is 0. The van der Waals surface area contributed by atoms with Gasteiger partial charge in [-0.1, -0.05) is 36.4 Å². The summed E-state index contributed by atoms with van der Waals surface area (Å²) in [5.74, 6) is -0.789. The molecule has 1 fully saturated rings. The van der Waals surface area contributed by atoms with Crippen LogP contribution in [-0.2, 0) is 4.79 Å². The number of carboxylic acid groups (broad SMARTS) is 1. The molecular formula is C16H22N2O2. The highest BCUT2D eigenvalue weighted by molar-refractivity contribution is 5.75. The highest BCUT2D eigenvalue weighted by atomic mass is 16.4. The van der Waals surface area contributed by atoms with Crippen molar-refractivity contribution in [2.45, 2.75) is 25.9 Å². The standard InChI is InChI=1S/C16H22N2O2/c1-4-14-11-18(12(2)10-17(14)3)15(16(19)20)13-8-6-5-7-9-13/h4-9,12,15H,10-11H2,1-3H3,(H,19,20). The molecule has 0 aromatic heterocycles. The van der Waals surface area contributed by atoms with E-state index in [4.69, 9.17) is 0 Å². The molecular weight excluding hydrogens is 252 g/mol. The van der Waals surface area contributed by atoms with Gasteiger partial charge in [-0.3, -0.25) is 9.69 Å². The van der Waals surface area contributed by atoms with E-state index in [1.54, 1.807) is 0 Å². The highest BCUT2D eigenvalue weighted by Gasteiger charge is 2.34. The van der Waals surface area contributed by atoms with Gasteiger partial charge in [-0.2, -0.15) is 0 Å². The molecule has 0 radical (unpaired) electrons. The quantitative estimate of drug-likeness (QED) is 0.919. The zero-order chi connectivity index (χ0) is 14.7. The third-order valence-corrected chi connectivity index (χ3v) is 3.95. The average molecular weight is 274 g/mol. The fourth-order valence-electron chi connectivity index (χ4n) is 2.85. The van der Waals surface area contributed by atoms with Gasteiger partial charge in [0.25, 0.3) is 0 Å². The first-order valence-corrected chi connectivity index (χ1v) is 6.94. The van der Waals surface area contributed by atoms with Crippen molar-refractivity contribution in [1.82, 2.24) is 9.80 Å². The van der Waals surface area contributed by atoms with Crippen LogP contribution >= 0.6 is 0 Å². The largest absolute Gasteiger partial charge is 0.480 e. The summed E-state index contributed by atoms with van der Waals surface area (Å²) in [6, 6.07) is 9.08. The number of aliphatic carboxylic acids is 1. The predicted octanol–water partition coefficient (Wildman–Crippen LogP) is 2.35. The van der Waals surface area contributed by atoms with E-state index in [2.05, 4.69) is 29.8 Å². The minimum Gasteiger partial charge on any atom is -0.480 e. The third-order valence-electron chi connectivity index (χ3n) is 3.95. The number of hydrogen-bond donors (Lipinski definition) is 1. The van der Waals surface area contributed by atoms with E-state index in [1.165, 1.54) is 5.70 Å². The molecule has 2 unspecified atom stereocenters. The van der Waals surface area contributed by atoms with Gasteiger partial charge in [0.15, 0.2) is 0 Å². The monoisotopic (exact) mass is 274 g/mol. The Bertz CT molecular complexity index is 498. The molecule has 0 saturated carbocycles. The molecule has 2 rings (SSSR count). The molecule has 2 atom stereocenters. The number of rotatable bonds is 3. The molecule has 1 aromatic carbocycles. The van der Waals surface area contributed by atoms with Crippen LogP contribution in [0.1, 0.15) is 25.5 Å². The van der Waals surface area contributed by atoms with Crippen molar-refractivity contribution >= 4 is 5.97 Å². The van der Waals surface area contributed by atoms with Crippen LogP contribution in [0.15, 0.2) is 42.1 Å². The summed E-state index contributed by atoms with van der Waals surface area (Å²) in [5, 5.41) is 9.65. The first-order chi connectivity index (χ1) is 9.54. The number of likely N-dealkylation sites (N-methyl/N-ethyl adjacent to an activating group) is 1. The lowest BCUT2D eigenvalue weighted by molar-refractivity contribution is -0.145. The van der Waals surface area contributed by atoms with Crippen molar-refractivity contribution in [3.05, 3.63) is 47.7 Å². The minimum atomic E-state index is -0.789. The van der Waals surface area contributed by atoms with Crippen LogP contribution in [0, 0.1) is 0 Å². The maximum atomic E-state index is 11.7. The van der Waals surface area contributed by atoms with Crippen molar-refractivity contribution in [3.8, 4) is 0 Å². The molecule has 1 aliphatic rings. The Kier molecular flexibility index (Phi) is 4.45. The summed E-state index contributed by atoms with van der Waals surface area (Å²) in [6.07, 6.45) is 2.06. The lowest BCUT2D eigenvalue weighted by atomic mass is 10.0. The van der Waals surface area contributed by atoms with Crippen LogP contribution in [0.4, 0.5) is 0 Å². The Morgan fingerprint density at radius 1 is 1.40 bits per heavy atom. The SMILES string of the molecule is CC=C1CN(C(C(=O)O)c2ccccc2)C(C)CN1C. The lowest BCUT2D eigenvalue weighted by Gasteiger charge is -2.43. The summed E-state index contributed by atoms with van der Waals surface area (Å²) in [5.41, 5.74) is 2.01. The lowest BCUT2D eigenvalue weighted by Crippen LogP contribution is -2.52. The maximum Gasteiger partial charge on any atom is 0.325 e. The molecule has 4 heteroatoms. The fraction of sp³-hybridized carbons (Fsp3) is 0.438. The minimum absolute atomic E-state index is 0.199. The van der Waals surface area contributed by atoms with Crippen molar-refractivity contribution in [2.75, 3.05) is 20.1 Å². The van der Waals surface area contributed by atoms with Gasteiger partial charge in [-0.15, -0.1) is 0 Å². The first-order valence-electron chi connectivity index (χ1n) is 6.94. The molecule has 108 valence electrons. The van der Waals surface area contributed by atoms with E-state index in [9.17, 15) is 9.90 Å². The zero-order valence-corrected chi connectivity index (χ0v) is 12.3. The summed E-state index contributed by atoms with van der Waals surface area (Å²) in [6.45, 7) is 5.59. The fourth-order valence-corrected chi connectivity index (χ4v) is 2.85. The maximum absolute atomic E-state index is 11.7. The van der Waals surface area contributed by atoms with Gasteiger partial charge in [-0.05, 0) is 19.4 Å². The molecule has 1 saturated heterocycles. The molecule has 0 spiro atoms. The van der Waals surface area contributed by atoms with Crippen LogP contribution < -0.4 is 0 Å². The summed E-state index contributed by atoms with van der Waals surface area (Å²) in [7, 11) is 2.06. The second-order valence-corrected chi connectivity index (χ2v) is 5.33. The van der Waals surface area contributed by atoms with Gasteiger partial charge < -0.3 is 10.0 Å². The Labute approximate surface area is 120 Å². The first kappa shape index (κ1) is 14.6. The molecule has 1 N–H and O–H groups in total. The number of nitrogens with zero attached hydrogens (tertiary/aromatic N) is 2. The highest BCUT2D eigenvalue weighted by Crippen LogP contribution is 2.28. The molecule has 1 aromatic rings. The number of piperazine rings is 1. The van der Waals surface area contributed by atoms with E-state index in [-0.39, 0.29) is 6.04 Å². The van der Waals surface area contributed by atoms with E-state index in [0.717, 1.165) is 12.1 Å². The molecule has 20 heavy (non-hydrogen) atoms. The average Bonchev–Trinajstić information content (AvgIpc) is 2.42. The number of benzene rings is 1. The predicted molar refractivity (Wildman–Crippen MR) is 79.4 cm³/mol.